The molecule has 2 fully saturated rings. The summed E-state index contributed by atoms with van der Waals surface area (Å²) in [6, 6.07) is 12.0. The van der Waals surface area contributed by atoms with Crippen LogP contribution in [-0.4, -0.2) is 86.1 Å². The molecule has 0 radical (unpaired) electrons. The molecule has 4 amide bonds. The van der Waals surface area contributed by atoms with Gasteiger partial charge in [-0.15, -0.1) is 0 Å². The Morgan fingerprint density at radius 2 is 1.87 bits per heavy atom. The van der Waals surface area contributed by atoms with Crippen molar-refractivity contribution in [3.05, 3.63) is 64.7 Å². The molecule has 11 nitrogen and oxygen atoms in total. The van der Waals surface area contributed by atoms with Crippen molar-refractivity contribution in [1.29, 1.82) is 0 Å². The quantitative estimate of drug-likeness (QED) is 0.199. The molecule has 5 rings (SSSR count). The van der Waals surface area contributed by atoms with Gasteiger partial charge in [0.15, 0.2) is 5.84 Å². The first-order valence-corrected chi connectivity index (χ1v) is 12.1. The second kappa shape index (κ2) is 10.4. The number of nitrogens with one attached hydrogen (secondary N) is 2. The predicted molar refractivity (Wildman–Crippen MR) is 136 cm³/mol. The minimum Gasteiger partial charge on any atom is -0.497 e. The van der Waals surface area contributed by atoms with Gasteiger partial charge in [-0.2, -0.15) is 0 Å². The lowest BCUT2D eigenvalue weighted by Crippen LogP contribution is -2.54. The third kappa shape index (κ3) is 4.86. The molecule has 0 aromatic heterocycles. The van der Waals surface area contributed by atoms with Gasteiger partial charge in [-0.3, -0.25) is 14.9 Å². The van der Waals surface area contributed by atoms with Crippen LogP contribution >= 0.6 is 0 Å². The van der Waals surface area contributed by atoms with E-state index in [1.165, 1.54) is 19.1 Å². The molecule has 2 N–H and O–H groups in total. The summed E-state index contributed by atoms with van der Waals surface area (Å²) < 4.78 is 10.7. The maximum atomic E-state index is 13.1. The van der Waals surface area contributed by atoms with Gasteiger partial charge in [-0.1, -0.05) is 23.1 Å². The number of carbonyl (C=O) groups is 3. The summed E-state index contributed by atoms with van der Waals surface area (Å²) in [5.74, 6) is 6.33. The normalized spacial score (nSPS) is 20.9. The van der Waals surface area contributed by atoms with Crippen molar-refractivity contribution < 1.29 is 28.7 Å². The van der Waals surface area contributed by atoms with Crippen LogP contribution in [0.25, 0.3) is 0 Å². The Bertz CT molecular complexity index is 1360. The number of methoxy groups -OCH3 is 1. The van der Waals surface area contributed by atoms with E-state index < -0.39 is 17.5 Å². The number of oxime groups is 1. The number of rotatable bonds is 5. The molecule has 2 aromatic rings. The zero-order chi connectivity index (χ0) is 26.7. The molecule has 38 heavy (non-hydrogen) atoms. The predicted octanol–water partition coefficient (Wildman–Crippen LogP) is 0.921. The molecule has 0 aliphatic carbocycles. The fourth-order valence-electron chi connectivity index (χ4n) is 4.65. The molecule has 196 valence electrons. The second-order valence-electron chi connectivity index (χ2n) is 9.02. The van der Waals surface area contributed by atoms with Gasteiger partial charge in [0.2, 0.25) is 5.54 Å². The van der Waals surface area contributed by atoms with Crippen molar-refractivity contribution in [1.82, 2.24) is 20.4 Å². The molecule has 2 saturated heterocycles. The largest absolute Gasteiger partial charge is 0.497 e. The van der Waals surface area contributed by atoms with Gasteiger partial charge in [0, 0.05) is 36.3 Å². The van der Waals surface area contributed by atoms with Gasteiger partial charge in [-0.05, 0) is 42.0 Å². The number of hydrogen-bond acceptors (Lipinski definition) is 7. The minimum atomic E-state index is -1.59. The Morgan fingerprint density at radius 3 is 2.53 bits per heavy atom. The zero-order valence-corrected chi connectivity index (χ0v) is 21.1. The Hall–Kier alpha value is -4.56. The summed E-state index contributed by atoms with van der Waals surface area (Å²) in [6.45, 7) is 2.82. The van der Waals surface area contributed by atoms with E-state index in [2.05, 4.69) is 32.5 Å². The van der Waals surface area contributed by atoms with Crippen molar-refractivity contribution in [2.75, 3.05) is 47.1 Å². The minimum absolute atomic E-state index is 0.104. The summed E-state index contributed by atoms with van der Waals surface area (Å²) in [4.78, 5) is 46.7. The number of fused-ring (bicyclic) bond motifs is 1. The lowest BCUT2D eigenvalue weighted by molar-refractivity contribution is -0.122. The molecule has 3 aliphatic rings. The number of imide groups is 1. The lowest BCUT2D eigenvalue weighted by Gasteiger charge is -2.29. The van der Waals surface area contributed by atoms with E-state index in [0.29, 0.717) is 55.6 Å². The fourth-order valence-corrected chi connectivity index (χ4v) is 4.65. The van der Waals surface area contributed by atoms with Crippen LogP contribution in [0.15, 0.2) is 47.6 Å². The van der Waals surface area contributed by atoms with E-state index >= 15 is 0 Å². The van der Waals surface area contributed by atoms with Gasteiger partial charge >= 0.3 is 6.03 Å². The van der Waals surface area contributed by atoms with Crippen LogP contribution in [0.4, 0.5) is 4.79 Å². The van der Waals surface area contributed by atoms with Gasteiger partial charge in [0.05, 0.1) is 26.9 Å². The first-order valence-electron chi connectivity index (χ1n) is 12.1. The summed E-state index contributed by atoms with van der Waals surface area (Å²) in [5, 5.41) is 9.06. The van der Waals surface area contributed by atoms with E-state index in [1.54, 1.807) is 24.3 Å². The van der Waals surface area contributed by atoms with Crippen LogP contribution in [-0.2, 0) is 20.9 Å². The number of benzene rings is 2. The van der Waals surface area contributed by atoms with Crippen LogP contribution in [0.1, 0.15) is 27.0 Å². The highest BCUT2D eigenvalue weighted by molar-refractivity contribution is 6.10. The monoisotopic (exact) mass is 517 g/mol. The zero-order valence-electron chi connectivity index (χ0n) is 21.1. The number of hydrogen-bond donors (Lipinski definition) is 2. The molecule has 3 aliphatic heterocycles. The number of nitrogens with zero attached hydrogens (tertiary/aromatic N) is 3. The summed E-state index contributed by atoms with van der Waals surface area (Å²) in [7, 11) is 3.03. The van der Waals surface area contributed by atoms with Crippen LogP contribution in [0.3, 0.4) is 0 Å². The number of amidine groups is 1. The highest BCUT2D eigenvalue weighted by Crippen LogP contribution is 2.28. The third-order valence-electron chi connectivity index (χ3n) is 6.62. The Labute approximate surface area is 219 Å². The van der Waals surface area contributed by atoms with Gasteiger partial charge in [0.1, 0.15) is 12.9 Å². The average Bonchev–Trinajstić information content (AvgIpc) is 3.40. The summed E-state index contributed by atoms with van der Waals surface area (Å²) in [5.41, 5.74) is 1.20. The Morgan fingerprint density at radius 1 is 1.11 bits per heavy atom. The number of amides is 4. The molecule has 11 heteroatoms. The first kappa shape index (κ1) is 25.1. The molecule has 3 heterocycles. The fraction of sp³-hybridized carbons (Fsp3) is 0.333. The number of carbonyl (C=O) groups excluding carboxylic acids is 3. The second-order valence-corrected chi connectivity index (χ2v) is 9.02. The summed E-state index contributed by atoms with van der Waals surface area (Å²) >= 11 is 0. The lowest BCUT2D eigenvalue weighted by atomic mass is 9.99. The van der Waals surface area contributed by atoms with Gasteiger partial charge < -0.3 is 29.4 Å². The third-order valence-corrected chi connectivity index (χ3v) is 6.62. The number of ether oxygens (including phenoxy) is 2. The topological polar surface area (TPSA) is 122 Å². The van der Waals surface area contributed by atoms with Crippen molar-refractivity contribution in [2.24, 2.45) is 5.16 Å². The molecule has 0 bridgehead atoms. The SMILES string of the molecule is CO/N=C(/c1ccc(C#C[C@]2(CN3Cc4ccc(OC)cc4C3=O)NC(=O)NC2=O)cc1)N1CCOCC1. The standard InChI is InChI=1S/C27H27N5O6/c1-36-21-8-7-20-16-32(24(33)22(20)15-21)17-27(25(34)28-26(35)29-27)10-9-18-3-5-19(6-4-18)23(30-37-2)31-11-13-38-14-12-31/h3-8,15H,11-14,16-17H2,1-2H3,(H2,28,29,34,35)/b30-23-/t27-/m1/s1. The van der Waals surface area contributed by atoms with Crippen LogP contribution < -0.4 is 15.4 Å². The molecular formula is C27H27N5O6. The first-order chi connectivity index (χ1) is 18.4. The highest BCUT2D eigenvalue weighted by atomic mass is 16.6. The highest BCUT2D eigenvalue weighted by Gasteiger charge is 2.48. The number of morpholine rings is 1. The molecule has 0 saturated carbocycles. The van der Waals surface area contributed by atoms with Crippen LogP contribution in [0, 0.1) is 11.8 Å². The van der Waals surface area contributed by atoms with Crippen molar-refractivity contribution >= 4 is 23.7 Å². The maximum Gasteiger partial charge on any atom is 0.323 e. The van der Waals surface area contributed by atoms with Crippen molar-refractivity contribution in [3.63, 3.8) is 0 Å². The van der Waals surface area contributed by atoms with E-state index in [1.807, 2.05) is 18.2 Å². The smallest absolute Gasteiger partial charge is 0.323 e. The van der Waals surface area contributed by atoms with E-state index in [4.69, 9.17) is 14.3 Å². The van der Waals surface area contributed by atoms with Crippen molar-refractivity contribution in [3.8, 4) is 17.6 Å². The molecule has 0 unspecified atom stereocenters. The van der Waals surface area contributed by atoms with E-state index in [0.717, 1.165) is 11.1 Å². The van der Waals surface area contributed by atoms with Crippen LogP contribution in [0.2, 0.25) is 0 Å². The molecule has 1 atom stereocenters. The Balaban J connectivity index is 1.38. The van der Waals surface area contributed by atoms with Crippen molar-refractivity contribution in [2.45, 2.75) is 12.1 Å². The van der Waals surface area contributed by atoms with Gasteiger partial charge in [0.25, 0.3) is 11.8 Å². The van der Waals surface area contributed by atoms with E-state index in [9.17, 15) is 14.4 Å². The summed E-state index contributed by atoms with van der Waals surface area (Å²) in [6.07, 6.45) is 0. The maximum absolute atomic E-state index is 13.1. The molecular weight excluding hydrogens is 490 g/mol. The molecule has 2 aromatic carbocycles. The average molecular weight is 518 g/mol. The van der Waals surface area contributed by atoms with E-state index in [-0.39, 0.29) is 12.5 Å². The van der Waals surface area contributed by atoms with Gasteiger partial charge in [-0.25, -0.2) is 4.79 Å². The Kier molecular flexibility index (Phi) is 6.89. The number of urea groups is 1. The van der Waals surface area contributed by atoms with Crippen LogP contribution in [0.5, 0.6) is 5.75 Å². The molecule has 0 spiro atoms.